The van der Waals surface area contributed by atoms with Gasteiger partial charge in [0.25, 0.3) is 0 Å². The summed E-state index contributed by atoms with van der Waals surface area (Å²) in [5.74, 6) is 1.02. The molecule has 9 heteroatoms. The zero-order valence-electron chi connectivity index (χ0n) is 33.7. The molecule has 0 saturated carbocycles. The number of hydrogen-bond donors (Lipinski definition) is 0. The summed E-state index contributed by atoms with van der Waals surface area (Å²) < 4.78 is 17.3. The molecule has 0 aliphatic rings. The molecular formula is C55H29FN8. The molecule has 10 rings (SSSR count). The molecule has 2 heterocycles. The van der Waals surface area contributed by atoms with Crippen molar-refractivity contribution in [3.63, 3.8) is 0 Å². The van der Waals surface area contributed by atoms with Gasteiger partial charge in [-0.15, -0.1) is 0 Å². The number of aromatic nitrogens is 4. The highest BCUT2D eigenvalue weighted by molar-refractivity contribution is 6.12. The fourth-order valence-electron chi connectivity index (χ4n) is 8.22. The largest absolute Gasteiger partial charge is 0.309 e. The Morgan fingerprint density at radius 2 is 0.828 bits per heavy atom. The molecule has 0 spiro atoms. The molecule has 0 saturated heterocycles. The molecular weight excluding hydrogens is 792 g/mol. The summed E-state index contributed by atoms with van der Waals surface area (Å²) in [7, 11) is 0. The molecule has 0 aliphatic heterocycles. The predicted molar refractivity (Wildman–Crippen MR) is 246 cm³/mol. The van der Waals surface area contributed by atoms with Gasteiger partial charge in [0.2, 0.25) is 0 Å². The van der Waals surface area contributed by atoms with Crippen molar-refractivity contribution in [2.24, 2.45) is 0 Å². The molecule has 0 N–H and O–H groups in total. The van der Waals surface area contributed by atoms with E-state index in [1.807, 2.05) is 121 Å². The molecule has 64 heavy (non-hydrogen) atoms. The first-order chi connectivity index (χ1) is 31.4. The van der Waals surface area contributed by atoms with Crippen LogP contribution in [0.15, 0.2) is 176 Å². The van der Waals surface area contributed by atoms with E-state index in [0.717, 1.165) is 44.1 Å². The maximum Gasteiger partial charge on any atom is 0.164 e. The fourth-order valence-corrected chi connectivity index (χ4v) is 8.22. The average Bonchev–Trinajstić information content (AvgIpc) is 3.68. The zero-order valence-corrected chi connectivity index (χ0v) is 33.7. The Bertz CT molecular complexity index is 3490. The van der Waals surface area contributed by atoms with Crippen molar-refractivity contribution in [2.75, 3.05) is 0 Å². The number of halogens is 1. The maximum absolute atomic E-state index is 15.2. The van der Waals surface area contributed by atoms with Crippen LogP contribution in [0.5, 0.6) is 0 Å². The molecule has 0 unspecified atom stereocenters. The van der Waals surface area contributed by atoms with Crippen LogP contribution in [0.25, 0.3) is 95.0 Å². The minimum Gasteiger partial charge on any atom is -0.309 e. The van der Waals surface area contributed by atoms with Gasteiger partial charge in [0, 0.05) is 33.0 Å². The van der Waals surface area contributed by atoms with Crippen LogP contribution in [0.1, 0.15) is 22.3 Å². The highest BCUT2D eigenvalue weighted by Gasteiger charge is 2.21. The average molecular weight is 821 g/mol. The van der Waals surface area contributed by atoms with Crippen LogP contribution < -0.4 is 0 Å². The van der Waals surface area contributed by atoms with Gasteiger partial charge < -0.3 is 4.57 Å². The second-order valence-electron chi connectivity index (χ2n) is 15.0. The normalized spacial score (nSPS) is 10.8. The van der Waals surface area contributed by atoms with Crippen molar-refractivity contribution in [1.82, 2.24) is 19.5 Å². The third kappa shape index (κ3) is 6.94. The second-order valence-corrected chi connectivity index (χ2v) is 15.0. The first kappa shape index (κ1) is 38.6. The molecule has 2 aromatic heterocycles. The molecule has 0 bridgehead atoms. The van der Waals surface area contributed by atoms with Crippen molar-refractivity contribution < 1.29 is 4.39 Å². The van der Waals surface area contributed by atoms with Crippen molar-refractivity contribution in [3.8, 4) is 97.5 Å². The summed E-state index contributed by atoms with van der Waals surface area (Å²) in [6.07, 6.45) is 0. The lowest BCUT2D eigenvalue weighted by atomic mass is 9.96. The highest BCUT2D eigenvalue weighted by atomic mass is 19.1. The van der Waals surface area contributed by atoms with Crippen LogP contribution in [0.2, 0.25) is 0 Å². The molecule has 8 aromatic carbocycles. The molecule has 0 radical (unpaired) electrons. The van der Waals surface area contributed by atoms with E-state index in [9.17, 15) is 21.0 Å². The molecule has 0 fully saturated rings. The Morgan fingerprint density at radius 3 is 1.31 bits per heavy atom. The number of fused-ring (bicyclic) bond motifs is 3. The van der Waals surface area contributed by atoms with Gasteiger partial charge in [-0.05, 0) is 82.4 Å². The molecule has 0 amide bonds. The monoisotopic (exact) mass is 820 g/mol. The molecule has 0 atom stereocenters. The zero-order chi connectivity index (χ0) is 43.7. The minimum absolute atomic E-state index is 0.355. The fraction of sp³-hybridized carbons (Fsp3) is 0. The summed E-state index contributed by atoms with van der Waals surface area (Å²) in [4.78, 5) is 15.0. The van der Waals surface area contributed by atoms with Gasteiger partial charge in [0.1, 0.15) is 5.82 Å². The van der Waals surface area contributed by atoms with E-state index in [1.165, 1.54) is 12.1 Å². The number of nitriles is 4. The first-order valence-electron chi connectivity index (χ1n) is 20.2. The van der Waals surface area contributed by atoms with Crippen LogP contribution >= 0.6 is 0 Å². The van der Waals surface area contributed by atoms with E-state index < -0.39 is 5.82 Å². The molecule has 296 valence electrons. The van der Waals surface area contributed by atoms with Gasteiger partial charge in [-0.2, -0.15) is 21.0 Å². The molecule has 0 aliphatic carbocycles. The van der Waals surface area contributed by atoms with Crippen molar-refractivity contribution >= 4 is 21.8 Å². The Hall–Kier alpha value is -9.54. The number of hydrogen-bond acceptors (Lipinski definition) is 7. The van der Waals surface area contributed by atoms with E-state index in [0.29, 0.717) is 73.2 Å². The van der Waals surface area contributed by atoms with E-state index in [4.69, 9.17) is 15.0 Å². The van der Waals surface area contributed by atoms with Crippen LogP contribution in [0, 0.1) is 51.1 Å². The Balaban J connectivity index is 1.30. The number of benzene rings is 8. The summed E-state index contributed by atoms with van der Waals surface area (Å²) in [5.41, 5.74) is 10.2. The quantitative estimate of drug-likeness (QED) is 0.156. The van der Waals surface area contributed by atoms with Crippen LogP contribution in [-0.4, -0.2) is 19.5 Å². The van der Waals surface area contributed by atoms with E-state index >= 15 is 4.39 Å². The lowest BCUT2D eigenvalue weighted by Crippen LogP contribution is -2.02. The lowest BCUT2D eigenvalue weighted by molar-refractivity contribution is 0.628. The number of nitrogens with zero attached hydrogens (tertiary/aromatic N) is 8. The Kier molecular flexibility index (Phi) is 9.75. The second kappa shape index (κ2) is 16.1. The predicted octanol–water partition coefficient (Wildman–Crippen LogP) is 12.6. The molecule has 8 nitrogen and oxygen atoms in total. The van der Waals surface area contributed by atoms with E-state index in [1.54, 1.807) is 42.5 Å². The van der Waals surface area contributed by atoms with Gasteiger partial charge >= 0.3 is 0 Å². The third-order valence-electron chi connectivity index (χ3n) is 11.3. The summed E-state index contributed by atoms with van der Waals surface area (Å²) in [6, 6.07) is 62.7. The molecule has 10 aromatic rings. The van der Waals surface area contributed by atoms with Crippen LogP contribution in [-0.2, 0) is 0 Å². The summed E-state index contributed by atoms with van der Waals surface area (Å²) >= 11 is 0. The first-order valence-corrected chi connectivity index (χ1v) is 20.2. The standard InChI is InChI=1S/C55H29FN8/c56-44-13-7-12-38(26-44)47-21-18-41(55-62-53(36-8-3-1-4-9-36)61-54(63-55)37-10-5-2-6-11-37)29-50(47)64-51-27-39(45-19-14-34(30-57)24-42(45)32-59)16-22-48(51)49-23-17-40(28-52(49)64)46-20-15-35(31-58)25-43(46)33-60/h1-29H. The maximum atomic E-state index is 15.2. The summed E-state index contributed by atoms with van der Waals surface area (Å²) in [5, 5.41) is 41.5. The SMILES string of the molecule is N#Cc1ccc(-c2ccc3c4ccc(-c5ccc(C#N)cc5C#N)cc4n(-c4cc(-c5nc(-c6ccccc6)nc(-c6ccccc6)n5)ccc4-c4cccc(F)c4)c3c2)c(C#N)c1. The Morgan fingerprint density at radius 1 is 0.375 bits per heavy atom. The Labute approximate surface area is 366 Å². The van der Waals surface area contributed by atoms with Gasteiger partial charge in [0.15, 0.2) is 17.5 Å². The van der Waals surface area contributed by atoms with Crippen molar-refractivity contribution in [3.05, 3.63) is 204 Å². The van der Waals surface area contributed by atoms with Gasteiger partial charge in [-0.3, -0.25) is 0 Å². The van der Waals surface area contributed by atoms with Crippen LogP contribution in [0.3, 0.4) is 0 Å². The van der Waals surface area contributed by atoms with Crippen LogP contribution in [0.4, 0.5) is 4.39 Å². The summed E-state index contributed by atoms with van der Waals surface area (Å²) in [6.45, 7) is 0. The van der Waals surface area contributed by atoms with Crippen molar-refractivity contribution in [2.45, 2.75) is 0 Å². The van der Waals surface area contributed by atoms with Gasteiger partial charge in [-0.25, -0.2) is 19.3 Å². The van der Waals surface area contributed by atoms with Gasteiger partial charge in [-0.1, -0.05) is 121 Å². The third-order valence-corrected chi connectivity index (χ3v) is 11.3. The topological polar surface area (TPSA) is 139 Å². The van der Waals surface area contributed by atoms with Crippen molar-refractivity contribution in [1.29, 1.82) is 21.0 Å². The highest BCUT2D eigenvalue weighted by Crippen LogP contribution is 2.42. The van der Waals surface area contributed by atoms with E-state index in [-0.39, 0.29) is 0 Å². The lowest BCUT2D eigenvalue weighted by Gasteiger charge is -2.17. The van der Waals surface area contributed by atoms with E-state index in [2.05, 4.69) is 28.8 Å². The minimum atomic E-state index is -0.397. The number of rotatable bonds is 7. The van der Waals surface area contributed by atoms with Gasteiger partial charge in [0.05, 0.1) is 63.3 Å². The smallest absolute Gasteiger partial charge is 0.164 e.